The minimum atomic E-state index is 0. The molecule has 0 fully saturated rings. The smallest absolute Gasteiger partial charge is 0.191 e. The van der Waals surface area contributed by atoms with Gasteiger partial charge in [-0.2, -0.15) is 5.10 Å². The van der Waals surface area contributed by atoms with Crippen molar-refractivity contribution in [3.63, 3.8) is 0 Å². The minimum Gasteiger partial charge on any atom is -0.489 e. The zero-order valence-corrected chi connectivity index (χ0v) is 20.7. The second-order valence-corrected chi connectivity index (χ2v) is 7.22. The maximum atomic E-state index is 6.05. The molecule has 2 atom stereocenters. The number of likely N-dealkylation sites (N-methyl/N-ethyl adjacent to an activating group) is 1. The summed E-state index contributed by atoms with van der Waals surface area (Å²) in [7, 11) is 6.05. The van der Waals surface area contributed by atoms with Crippen molar-refractivity contribution in [2.75, 3.05) is 33.7 Å². The lowest BCUT2D eigenvalue weighted by Crippen LogP contribution is -2.42. The van der Waals surface area contributed by atoms with Gasteiger partial charge >= 0.3 is 0 Å². The van der Waals surface area contributed by atoms with Crippen molar-refractivity contribution >= 4 is 29.9 Å². The van der Waals surface area contributed by atoms with Crippen molar-refractivity contribution in [1.29, 1.82) is 0 Å². The Morgan fingerprint density at radius 1 is 1.28 bits per heavy atom. The van der Waals surface area contributed by atoms with E-state index in [0.29, 0.717) is 13.1 Å². The third-order valence-electron chi connectivity index (χ3n) is 4.48. The maximum absolute atomic E-state index is 6.05. The molecule has 29 heavy (non-hydrogen) atoms. The van der Waals surface area contributed by atoms with Crippen LogP contribution in [-0.4, -0.2) is 60.5 Å². The molecule has 0 aliphatic rings. The predicted molar refractivity (Wildman–Crippen MR) is 130 cm³/mol. The number of benzene rings is 1. The minimum absolute atomic E-state index is 0. The van der Waals surface area contributed by atoms with E-state index in [0.717, 1.165) is 29.4 Å². The highest BCUT2D eigenvalue weighted by Gasteiger charge is 2.16. The van der Waals surface area contributed by atoms with Crippen LogP contribution in [0.1, 0.15) is 31.0 Å². The molecule has 1 aromatic heterocycles. The monoisotopic (exact) mass is 514 g/mol. The fourth-order valence-corrected chi connectivity index (χ4v) is 2.89. The molecule has 162 valence electrons. The molecular weight excluding hydrogens is 479 g/mol. The van der Waals surface area contributed by atoms with E-state index in [2.05, 4.69) is 61.6 Å². The number of guanidine groups is 1. The molecular formula is C21H35IN6O. The van der Waals surface area contributed by atoms with Gasteiger partial charge < -0.3 is 20.3 Å². The van der Waals surface area contributed by atoms with Crippen LogP contribution >= 0.6 is 24.0 Å². The molecule has 0 bridgehead atoms. The molecule has 0 aliphatic carbocycles. The first-order valence-corrected chi connectivity index (χ1v) is 9.80. The molecule has 0 radical (unpaired) electrons. The standard InChI is InChI=1S/C21H34N6O.HI/c1-7-22-21(23-12-17(3)28-20-11-9-8-10-16(20)2)24-14-19(26(4)5)18-13-25-27(6)15-18;/h8-11,13,15,17,19H,7,12,14H2,1-6H3,(H2,22,23,24);1H. The summed E-state index contributed by atoms with van der Waals surface area (Å²) >= 11 is 0. The summed E-state index contributed by atoms with van der Waals surface area (Å²) in [4.78, 5) is 6.94. The number of aromatic nitrogens is 2. The van der Waals surface area contributed by atoms with Crippen LogP contribution in [0.2, 0.25) is 0 Å². The second kappa shape index (κ2) is 12.7. The first-order valence-electron chi connectivity index (χ1n) is 9.80. The molecule has 2 N–H and O–H groups in total. The molecule has 0 aliphatic heterocycles. The van der Waals surface area contributed by atoms with Gasteiger partial charge in [0, 0.05) is 25.4 Å². The third-order valence-corrected chi connectivity index (χ3v) is 4.48. The number of aryl methyl sites for hydroxylation is 2. The Morgan fingerprint density at radius 3 is 2.59 bits per heavy atom. The number of hydrogen-bond acceptors (Lipinski definition) is 4. The number of hydrogen-bond donors (Lipinski definition) is 2. The van der Waals surface area contributed by atoms with Gasteiger partial charge in [0.05, 0.1) is 25.3 Å². The average molecular weight is 514 g/mol. The van der Waals surface area contributed by atoms with E-state index in [1.54, 1.807) is 0 Å². The van der Waals surface area contributed by atoms with Crippen molar-refractivity contribution in [3.05, 3.63) is 47.8 Å². The van der Waals surface area contributed by atoms with Gasteiger partial charge in [-0.1, -0.05) is 18.2 Å². The van der Waals surface area contributed by atoms with Crippen molar-refractivity contribution in [3.8, 4) is 5.75 Å². The molecule has 2 rings (SSSR count). The summed E-state index contributed by atoms with van der Waals surface area (Å²) < 4.78 is 7.87. The van der Waals surface area contributed by atoms with Gasteiger partial charge in [0.15, 0.2) is 5.96 Å². The first kappa shape index (κ1) is 25.2. The Hall–Kier alpha value is -1.81. The third kappa shape index (κ3) is 8.22. The first-order chi connectivity index (χ1) is 13.4. The lowest BCUT2D eigenvalue weighted by Gasteiger charge is -2.23. The molecule has 0 amide bonds. The Morgan fingerprint density at radius 2 is 2.00 bits per heavy atom. The molecule has 1 heterocycles. The molecule has 8 heteroatoms. The van der Waals surface area contributed by atoms with E-state index in [1.165, 1.54) is 0 Å². The van der Waals surface area contributed by atoms with Gasteiger partial charge in [0.2, 0.25) is 0 Å². The Bertz CT molecular complexity index is 761. The highest BCUT2D eigenvalue weighted by molar-refractivity contribution is 14.0. The number of ether oxygens (including phenoxy) is 1. The average Bonchev–Trinajstić information content (AvgIpc) is 3.07. The van der Waals surface area contributed by atoms with Gasteiger partial charge in [-0.15, -0.1) is 24.0 Å². The van der Waals surface area contributed by atoms with E-state index in [1.807, 2.05) is 42.3 Å². The molecule has 0 spiro atoms. The number of nitrogens with zero attached hydrogens (tertiary/aromatic N) is 4. The Balaban J connectivity index is 0.00000420. The summed E-state index contributed by atoms with van der Waals surface area (Å²) in [6, 6.07) is 8.24. The summed E-state index contributed by atoms with van der Waals surface area (Å²) in [5, 5.41) is 11.0. The Labute approximate surface area is 191 Å². The molecule has 2 aromatic rings. The lowest BCUT2D eigenvalue weighted by atomic mass is 10.1. The van der Waals surface area contributed by atoms with E-state index in [4.69, 9.17) is 9.73 Å². The largest absolute Gasteiger partial charge is 0.489 e. The van der Waals surface area contributed by atoms with Gasteiger partial charge in [-0.25, -0.2) is 0 Å². The van der Waals surface area contributed by atoms with Crippen LogP contribution < -0.4 is 15.4 Å². The number of aliphatic imine (C=N–C) groups is 1. The van der Waals surface area contributed by atoms with Crippen LogP contribution in [0.25, 0.3) is 0 Å². The second-order valence-electron chi connectivity index (χ2n) is 7.22. The van der Waals surface area contributed by atoms with Gasteiger partial charge in [0.25, 0.3) is 0 Å². The number of rotatable bonds is 9. The Kier molecular flexibility index (Phi) is 11.0. The van der Waals surface area contributed by atoms with Crippen molar-refractivity contribution in [1.82, 2.24) is 25.3 Å². The van der Waals surface area contributed by atoms with Crippen LogP contribution in [0.5, 0.6) is 5.75 Å². The van der Waals surface area contributed by atoms with Gasteiger partial charge in [-0.05, 0) is 46.5 Å². The summed E-state index contributed by atoms with van der Waals surface area (Å²) in [5.74, 6) is 1.71. The molecule has 2 unspecified atom stereocenters. The summed E-state index contributed by atoms with van der Waals surface area (Å²) in [6.45, 7) is 8.29. The number of nitrogens with one attached hydrogen (secondary N) is 2. The van der Waals surface area contributed by atoms with Crippen molar-refractivity contribution in [2.24, 2.45) is 12.0 Å². The molecule has 0 saturated heterocycles. The zero-order valence-electron chi connectivity index (χ0n) is 18.3. The molecule has 1 aromatic carbocycles. The fourth-order valence-electron chi connectivity index (χ4n) is 2.89. The predicted octanol–water partition coefficient (Wildman–Crippen LogP) is 2.97. The van der Waals surface area contributed by atoms with E-state index < -0.39 is 0 Å². The van der Waals surface area contributed by atoms with Crippen LogP contribution in [0.3, 0.4) is 0 Å². The topological polar surface area (TPSA) is 66.7 Å². The normalized spacial score (nSPS) is 13.6. The number of halogens is 1. The lowest BCUT2D eigenvalue weighted by molar-refractivity contribution is 0.222. The van der Waals surface area contributed by atoms with E-state index in [-0.39, 0.29) is 36.1 Å². The van der Waals surface area contributed by atoms with Crippen molar-refractivity contribution in [2.45, 2.75) is 32.9 Å². The van der Waals surface area contributed by atoms with Crippen LogP contribution in [0.15, 0.2) is 41.7 Å². The molecule has 0 saturated carbocycles. The van der Waals surface area contributed by atoms with Crippen LogP contribution in [-0.2, 0) is 7.05 Å². The number of para-hydroxylation sites is 1. The fraction of sp³-hybridized carbons (Fsp3) is 0.524. The van der Waals surface area contributed by atoms with E-state index >= 15 is 0 Å². The highest BCUT2D eigenvalue weighted by atomic mass is 127. The van der Waals surface area contributed by atoms with Crippen LogP contribution in [0.4, 0.5) is 0 Å². The maximum Gasteiger partial charge on any atom is 0.191 e. The summed E-state index contributed by atoms with van der Waals surface area (Å²) in [6.07, 6.45) is 3.96. The summed E-state index contributed by atoms with van der Waals surface area (Å²) in [5.41, 5.74) is 2.29. The van der Waals surface area contributed by atoms with Crippen LogP contribution in [0, 0.1) is 6.92 Å². The SMILES string of the molecule is CCNC(=NCC(c1cnn(C)c1)N(C)C)NCC(C)Oc1ccccc1C.I. The van der Waals surface area contributed by atoms with Gasteiger partial charge in [-0.3, -0.25) is 9.67 Å². The zero-order chi connectivity index (χ0) is 20.5. The highest BCUT2D eigenvalue weighted by Crippen LogP contribution is 2.18. The molecule has 7 nitrogen and oxygen atoms in total. The van der Waals surface area contributed by atoms with Gasteiger partial charge in [0.1, 0.15) is 11.9 Å². The van der Waals surface area contributed by atoms with Crippen molar-refractivity contribution < 1.29 is 4.74 Å². The van der Waals surface area contributed by atoms with E-state index in [9.17, 15) is 0 Å². The quantitative estimate of drug-likeness (QED) is 0.306.